The minimum absolute atomic E-state index is 0.161. The molecular formula is C18H30N2O3. The molecule has 0 aromatic heterocycles. The van der Waals surface area contributed by atoms with E-state index in [9.17, 15) is 9.90 Å². The van der Waals surface area contributed by atoms with E-state index in [1.54, 1.807) is 0 Å². The lowest BCUT2D eigenvalue weighted by atomic mass is 10.1. The summed E-state index contributed by atoms with van der Waals surface area (Å²) in [6.07, 6.45) is 0.565. The van der Waals surface area contributed by atoms with Crippen molar-refractivity contribution in [2.45, 2.75) is 32.8 Å². The number of aliphatic hydroxyl groups excluding tert-OH is 1. The molecule has 23 heavy (non-hydrogen) atoms. The summed E-state index contributed by atoms with van der Waals surface area (Å²) < 4.78 is 4.94. The van der Waals surface area contributed by atoms with Crippen molar-refractivity contribution in [3.8, 4) is 0 Å². The number of benzene rings is 1. The molecule has 0 radical (unpaired) electrons. The van der Waals surface area contributed by atoms with Gasteiger partial charge in [0.05, 0.1) is 19.1 Å². The fourth-order valence-corrected chi connectivity index (χ4v) is 2.38. The Morgan fingerprint density at radius 2 is 1.83 bits per heavy atom. The molecule has 5 heteroatoms. The maximum atomic E-state index is 11.4. The van der Waals surface area contributed by atoms with Crippen molar-refractivity contribution in [3.05, 3.63) is 29.8 Å². The molecule has 0 fully saturated rings. The number of carbonyl (C=O) groups excluding carboxylic acids is 1. The molecule has 0 saturated carbocycles. The van der Waals surface area contributed by atoms with Crippen LogP contribution < -0.4 is 4.90 Å². The Kier molecular flexibility index (Phi) is 8.66. The number of carbonyl (C=O) groups is 1. The predicted octanol–water partition coefficient (Wildman–Crippen LogP) is 2.45. The molecule has 1 N–H and O–H groups in total. The number of nitrogens with zero attached hydrogens (tertiary/aromatic N) is 2. The van der Waals surface area contributed by atoms with Gasteiger partial charge in [0, 0.05) is 32.9 Å². The number of anilines is 1. The summed E-state index contributed by atoms with van der Waals surface area (Å²) in [5, 5.41) is 10.3. The number of aliphatic hydroxyl groups is 1. The molecule has 0 saturated heterocycles. The fourth-order valence-electron chi connectivity index (χ4n) is 2.38. The highest BCUT2D eigenvalue weighted by Crippen LogP contribution is 2.20. The van der Waals surface area contributed by atoms with Crippen molar-refractivity contribution >= 4 is 11.7 Å². The van der Waals surface area contributed by atoms with E-state index < -0.39 is 6.10 Å². The van der Waals surface area contributed by atoms with Gasteiger partial charge >= 0.3 is 5.97 Å². The minimum Gasteiger partial charge on any atom is -0.466 e. The van der Waals surface area contributed by atoms with Crippen molar-refractivity contribution in [1.29, 1.82) is 0 Å². The van der Waals surface area contributed by atoms with Gasteiger partial charge in [-0.2, -0.15) is 0 Å². The van der Waals surface area contributed by atoms with E-state index in [2.05, 4.69) is 11.8 Å². The lowest BCUT2D eigenvalue weighted by Gasteiger charge is -2.22. The molecule has 1 rings (SSSR count). The van der Waals surface area contributed by atoms with Gasteiger partial charge in [0.1, 0.15) is 0 Å². The molecule has 0 aliphatic heterocycles. The molecule has 1 unspecified atom stereocenters. The van der Waals surface area contributed by atoms with Crippen LogP contribution in [0.3, 0.4) is 0 Å². The van der Waals surface area contributed by atoms with Crippen molar-refractivity contribution < 1.29 is 14.6 Å². The Hall–Kier alpha value is -1.59. The van der Waals surface area contributed by atoms with Gasteiger partial charge in [-0.3, -0.25) is 4.79 Å². The number of hydrogen-bond donors (Lipinski definition) is 1. The van der Waals surface area contributed by atoms with E-state index in [1.165, 1.54) is 0 Å². The van der Waals surface area contributed by atoms with E-state index in [4.69, 9.17) is 4.74 Å². The molecule has 0 spiro atoms. The van der Waals surface area contributed by atoms with Crippen LogP contribution in [0.25, 0.3) is 0 Å². The normalized spacial score (nSPS) is 12.3. The third-order valence-corrected chi connectivity index (χ3v) is 3.90. The Labute approximate surface area is 139 Å². The van der Waals surface area contributed by atoms with Crippen molar-refractivity contribution in [1.82, 2.24) is 4.90 Å². The Morgan fingerprint density at radius 1 is 1.17 bits per heavy atom. The maximum Gasteiger partial charge on any atom is 0.307 e. The molecular weight excluding hydrogens is 292 g/mol. The standard InChI is InChI=1S/C18H30N2O3/c1-5-20(14-12-18(22)23-6-2)13-11-17(21)15-7-9-16(10-8-15)19(3)4/h7-10,17,21H,5-6,11-14H2,1-4H3. The monoisotopic (exact) mass is 322 g/mol. The van der Waals surface area contributed by atoms with Crippen LogP contribution in [0.5, 0.6) is 0 Å². The quantitative estimate of drug-likeness (QED) is 0.671. The van der Waals surface area contributed by atoms with Crippen molar-refractivity contribution in [3.63, 3.8) is 0 Å². The first kappa shape index (κ1) is 19.5. The highest BCUT2D eigenvalue weighted by Gasteiger charge is 2.12. The smallest absolute Gasteiger partial charge is 0.307 e. The minimum atomic E-state index is -0.483. The molecule has 0 heterocycles. The maximum absolute atomic E-state index is 11.4. The number of ether oxygens (including phenoxy) is 1. The average molecular weight is 322 g/mol. The Bertz CT molecular complexity index is 460. The average Bonchev–Trinajstić information content (AvgIpc) is 2.55. The third-order valence-electron chi connectivity index (χ3n) is 3.90. The summed E-state index contributed by atoms with van der Waals surface area (Å²) in [4.78, 5) is 15.6. The van der Waals surface area contributed by atoms with E-state index in [0.717, 1.165) is 24.3 Å². The van der Waals surface area contributed by atoms with Crippen LogP contribution in [0.1, 0.15) is 38.4 Å². The zero-order valence-electron chi connectivity index (χ0n) is 14.8. The van der Waals surface area contributed by atoms with Gasteiger partial charge in [-0.1, -0.05) is 19.1 Å². The van der Waals surface area contributed by atoms with E-state index >= 15 is 0 Å². The molecule has 1 aromatic rings. The first-order chi connectivity index (χ1) is 11.0. The molecule has 5 nitrogen and oxygen atoms in total. The summed E-state index contributed by atoms with van der Waals surface area (Å²) >= 11 is 0. The summed E-state index contributed by atoms with van der Waals surface area (Å²) in [6.45, 7) is 6.57. The highest BCUT2D eigenvalue weighted by atomic mass is 16.5. The Balaban J connectivity index is 2.43. The number of esters is 1. The predicted molar refractivity (Wildman–Crippen MR) is 93.7 cm³/mol. The van der Waals surface area contributed by atoms with E-state index in [-0.39, 0.29) is 5.97 Å². The summed E-state index contributed by atoms with van der Waals surface area (Å²) in [5.41, 5.74) is 2.04. The van der Waals surface area contributed by atoms with Crippen LogP contribution in [0, 0.1) is 0 Å². The molecule has 0 aliphatic carbocycles. The second kappa shape index (κ2) is 10.2. The summed E-state index contributed by atoms with van der Waals surface area (Å²) in [6, 6.07) is 7.96. The lowest BCUT2D eigenvalue weighted by Crippen LogP contribution is -2.28. The molecule has 1 aromatic carbocycles. The second-order valence-electron chi connectivity index (χ2n) is 5.78. The fraction of sp³-hybridized carbons (Fsp3) is 0.611. The molecule has 130 valence electrons. The molecule has 1 atom stereocenters. The van der Waals surface area contributed by atoms with Crippen LogP contribution in [0.4, 0.5) is 5.69 Å². The van der Waals surface area contributed by atoms with E-state index in [0.29, 0.717) is 26.0 Å². The molecule has 0 amide bonds. The zero-order valence-corrected chi connectivity index (χ0v) is 14.8. The van der Waals surface area contributed by atoms with Gasteiger partial charge in [-0.15, -0.1) is 0 Å². The number of hydrogen-bond acceptors (Lipinski definition) is 5. The van der Waals surface area contributed by atoms with Crippen LogP contribution >= 0.6 is 0 Å². The third kappa shape index (κ3) is 7.01. The first-order valence-electron chi connectivity index (χ1n) is 8.31. The SMILES string of the molecule is CCOC(=O)CCN(CC)CCC(O)c1ccc(N(C)C)cc1. The van der Waals surface area contributed by atoms with Crippen LogP contribution in [0.15, 0.2) is 24.3 Å². The summed E-state index contributed by atoms with van der Waals surface area (Å²) in [5.74, 6) is -0.161. The lowest BCUT2D eigenvalue weighted by molar-refractivity contribution is -0.143. The zero-order chi connectivity index (χ0) is 17.2. The van der Waals surface area contributed by atoms with Gasteiger partial charge < -0.3 is 19.6 Å². The van der Waals surface area contributed by atoms with Crippen LogP contribution in [-0.4, -0.2) is 56.3 Å². The van der Waals surface area contributed by atoms with Crippen LogP contribution in [0.2, 0.25) is 0 Å². The van der Waals surface area contributed by atoms with Crippen molar-refractivity contribution in [2.24, 2.45) is 0 Å². The molecule has 0 bridgehead atoms. The van der Waals surface area contributed by atoms with Gasteiger partial charge in [0.25, 0.3) is 0 Å². The largest absolute Gasteiger partial charge is 0.466 e. The highest BCUT2D eigenvalue weighted by molar-refractivity contribution is 5.69. The van der Waals surface area contributed by atoms with Gasteiger partial charge in [0.2, 0.25) is 0 Å². The van der Waals surface area contributed by atoms with Gasteiger partial charge in [-0.05, 0) is 37.6 Å². The Morgan fingerprint density at radius 3 is 2.35 bits per heavy atom. The topological polar surface area (TPSA) is 53.0 Å². The first-order valence-corrected chi connectivity index (χ1v) is 8.31. The van der Waals surface area contributed by atoms with Gasteiger partial charge in [0.15, 0.2) is 0 Å². The second-order valence-corrected chi connectivity index (χ2v) is 5.78. The van der Waals surface area contributed by atoms with Crippen molar-refractivity contribution in [2.75, 3.05) is 45.2 Å². The summed E-state index contributed by atoms with van der Waals surface area (Å²) in [7, 11) is 3.99. The van der Waals surface area contributed by atoms with Crippen LogP contribution in [-0.2, 0) is 9.53 Å². The van der Waals surface area contributed by atoms with Gasteiger partial charge in [-0.25, -0.2) is 0 Å². The van der Waals surface area contributed by atoms with E-state index in [1.807, 2.05) is 50.2 Å². The molecule has 0 aliphatic rings. The number of rotatable bonds is 10.